The van der Waals surface area contributed by atoms with Crippen LogP contribution in [0.4, 0.5) is 0 Å². The van der Waals surface area contributed by atoms with Crippen LogP contribution in [-0.4, -0.2) is 4.55 Å². The molecule has 1 unspecified atom stereocenters. The van der Waals surface area contributed by atoms with Crippen LogP contribution in [0.2, 0.25) is 0 Å². The number of hydrogen-bond acceptors (Lipinski definition) is 2. The zero-order valence-electron chi connectivity index (χ0n) is 3.63. The molecule has 0 aromatic rings. The SMILES string of the molecule is [O-][S+]1C=CC=CN1. The van der Waals surface area contributed by atoms with E-state index in [-0.39, 0.29) is 0 Å². The summed E-state index contributed by atoms with van der Waals surface area (Å²) in [5.41, 5.74) is 0. The van der Waals surface area contributed by atoms with E-state index in [2.05, 4.69) is 4.72 Å². The lowest BCUT2D eigenvalue weighted by molar-refractivity contribution is 0.598. The van der Waals surface area contributed by atoms with Crippen LogP contribution < -0.4 is 4.72 Å². The van der Waals surface area contributed by atoms with Crippen molar-refractivity contribution in [3.63, 3.8) is 0 Å². The summed E-state index contributed by atoms with van der Waals surface area (Å²) in [6.07, 6.45) is 5.18. The van der Waals surface area contributed by atoms with Crippen LogP contribution in [0, 0.1) is 0 Å². The summed E-state index contributed by atoms with van der Waals surface area (Å²) in [6.45, 7) is 0. The second-order valence-electron chi connectivity index (χ2n) is 1.10. The fourth-order valence-corrected chi connectivity index (χ4v) is 0.843. The maximum Gasteiger partial charge on any atom is 0.144 e. The Morgan fingerprint density at radius 3 is 2.57 bits per heavy atom. The Balaban J connectivity index is 2.49. The van der Waals surface area contributed by atoms with E-state index >= 15 is 0 Å². The quantitative estimate of drug-likeness (QED) is 0.460. The molecule has 1 heterocycles. The molecule has 0 saturated heterocycles. The van der Waals surface area contributed by atoms with E-state index < -0.39 is 11.4 Å². The van der Waals surface area contributed by atoms with E-state index in [0.29, 0.717) is 0 Å². The first-order valence-corrected chi connectivity index (χ1v) is 3.11. The molecule has 1 atom stereocenters. The zero-order valence-corrected chi connectivity index (χ0v) is 4.44. The van der Waals surface area contributed by atoms with Gasteiger partial charge < -0.3 is 4.55 Å². The molecule has 2 nitrogen and oxygen atoms in total. The van der Waals surface area contributed by atoms with Crippen molar-refractivity contribution in [2.45, 2.75) is 0 Å². The van der Waals surface area contributed by atoms with E-state index in [1.54, 1.807) is 23.8 Å². The van der Waals surface area contributed by atoms with Gasteiger partial charge in [0.05, 0.1) is 11.4 Å². The van der Waals surface area contributed by atoms with Crippen LogP contribution in [0.1, 0.15) is 0 Å². The number of nitrogens with one attached hydrogen (secondary N) is 1. The molecule has 0 spiro atoms. The second-order valence-corrected chi connectivity index (χ2v) is 2.21. The first kappa shape index (κ1) is 4.74. The summed E-state index contributed by atoms with van der Waals surface area (Å²) in [7, 11) is 0. The molecule has 0 amide bonds. The van der Waals surface area contributed by atoms with Crippen molar-refractivity contribution in [2.24, 2.45) is 0 Å². The maximum absolute atomic E-state index is 10.3. The molecular formula is C4H5NOS. The highest BCUT2D eigenvalue weighted by Gasteiger charge is 1.95. The van der Waals surface area contributed by atoms with Gasteiger partial charge in [0.1, 0.15) is 5.41 Å². The first-order valence-electron chi connectivity index (χ1n) is 1.90. The molecule has 1 N–H and O–H groups in total. The van der Waals surface area contributed by atoms with Crippen LogP contribution in [0.3, 0.4) is 0 Å². The fourth-order valence-electron chi connectivity index (χ4n) is 0.318. The Kier molecular flexibility index (Phi) is 1.38. The smallest absolute Gasteiger partial charge is 0.144 e. The van der Waals surface area contributed by atoms with E-state index in [0.717, 1.165) is 0 Å². The van der Waals surface area contributed by atoms with Crippen LogP contribution in [0.15, 0.2) is 23.8 Å². The van der Waals surface area contributed by atoms with Gasteiger partial charge in [-0.1, -0.05) is 0 Å². The van der Waals surface area contributed by atoms with E-state index in [4.69, 9.17) is 0 Å². The molecule has 1 aliphatic heterocycles. The van der Waals surface area contributed by atoms with Crippen LogP contribution >= 0.6 is 0 Å². The van der Waals surface area contributed by atoms with Gasteiger partial charge >= 0.3 is 0 Å². The van der Waals surface area contributed by atoms with Crippen molar-refractivity contribution in [3.05, 3.63) is 23.8 Å². The minimum absolute atomic E-state index is 0.958. The van der Waals surface area contributed by atoms with Crippen LogP contribution in [0.5, 0.6) is 0 Å². The minimum Gasteiger partial charge on any atom is -0.588 e. The normalized spacial score (nSPS) is 27.3. The zero-order chi connectivity index (χ0) is 5.11. The van der Waals surface area contributed by atoms with E-state index in [9.17, 15) is 4.55 Å². The monoisotopic (exact) mass is 115 g/mol. The van der Waals surface area contributed by atoms with Crippen molar-refractivity contribution in [1.82, 2.24) is 4.72 Å². The predicted molar refractivity (Wildman–Crippen MR) is 29.6 cm³/mol. The van der Waals surface area contributed by atoms with Gasteiger partial charge in [0.25, 0.3) is 0 Å². The molecule has 0 bridgehead atoms. The molecule has 0 radical (unpaired) electrons. The average Bonchev–Trinajstić information content (AvgIpc) is 1.69. The van der Waals surface area contributed by atoms with E-state index in [1.807, 2.05) is 0 Å². The highest BCUT2D eigenvalue weighted by molar-refractivity contribution is 7.92. The summed E-state index contributed by atoms with van der Waals surface area (Å²) in [6, 6.07) is 0. The fraction of sp³-hybridized carbons (Fsp3) is 0. The van der Waals surface area contributed by atoms with Gasteiger partial charge in [0, 0.05) is 6.20 Å². The molecule has 0 aromatic carbocycles. The standard InChI is InChI=1S/C4H5NOS/c6-7-4-2-1-3-5-7/h1-5H. The second kappa shape index (κ2) is 2.04. The molecule has 0 saturated carbocycles. The molecule has 38 valence electrons. The number of allylic oxidation sites excluding steroid dienone is 2. The Labute approximate surface area is 45.2 Å². The summed E-state index contributed by atoms with van der Waals surface area (Å²) in [5.74, 6) is 0. The molecule has 1 aliphatic rings. The van der Waals surface area contributed by atoms with Gasteiger partial charge in [-0.25, -0.2) is 4.72 Å². The topological polar surface area (TPSA) is 35.1 Å². The molecule has 3 heteroatoms. The minimum atomic E-state index is -0.958. The Hall–Kier alpha value is -0.410. The summed E-state index contributed by atoms with van der Waals surface area (Å²) in [5, 5.41) is 1.58. The van der Waals surface area contributed by atoms with E-state index in [1.165, 1.54) is 0 Å². The lowest BCUT2D eigenvalue weighted by atomic mass is 10.6. The maximum atomic E-state index is 10.3. The average molecular weight is 115 g/mol. The number of hydrogen-bond donors (Lipinski definition) is 1. The largest absolute Gasteiger partial charge is 0.588 e. The third kappa shape index (κ3) is 1.25. The van der Waals surface area contributed by atoms with Gasteiger partial charge in [-0.2, -0.15) is 0 Å². The van der Waals surface area contributed by atoms with Crippen molar-refractivity contribution in [1.29, 1.82) is 0 Å². The first-order chi connectivity index (χ1) is 3.39. The van der Waals surface area contributed by atoms with Gasteiger partial charge in [-0.05, 0) is 12.2 Å². The van der Waals surface area contributed by atoms with Crippen LogP contribution in [0.25, 0.3) is 0 Å². The van der Waals surface area contributed by atoms with Gasteiger partial charge in [0.15, 0.2) is 0 Å². The molecule has 0 fully saturated rings. The van der Waals surface area contributed by atoms with Gasteiger partial charge in [0.2, 0.25) is 0 Å². The van der Waals surface area contributed by atoms with Crippen LogP contribution in [-0.2, 0) is 11.4 Å². The summed E-state index contributed by atoms with van der Waals surface area (Å²) < 4.78 is 12.9. The highest BCUT2D eigenvalue weighted by atomic mass is 32.2. The molecule has 0 aliphatic carbocycles. The predicted octanol–water partition coefficient (Wildman–Crippen LogP) is 0.281. The highest BCUT2D eigenvalue weighted by Crippen LogP contribution is 1.92. The Morgan fingerprint density at radius 2 is 2.29 bits per heavy atom. The Morgan fingerprint density at radius 1 is 1.43 bits per heavy atom. The molecule has 7 heavy (non-hydrogen) atoms. The van der Waals surface area contributed by atoms with Crippen molar-refractivity contribution in [2.75, 3.05) is 0 Å². The molecular weight excluding hydrogens is 110 g/mol. The Bertz CT molecular complexity index is 110. The lowest BCUT2D eigenvalue weighted by Gasteiger charge is -2.03. The molecule has 0 aromatic heterocycles. The van der Waals surface area contributed by atoms with Gasteiger partial charge in [-0.3, -0.25) is 0 Å². The molecule has 1 rings (SSSR count). The van der Waals surface area contributed by atoms with Crippen molar-refractivity contribution in [3.8, 4) is 0 Å². The summed E-state index contributed by atoms with van der Waals surface area (Å²) >= 11 is -0.958. The lowest BCUT2D eigenvalue weighted by Crippen LogP contribution is -2.15. The van der Waals surface area contributed by atoms with Crippen molar-refractivity contribution < 1.29 is 4.55 Å². The number of rotatable bonds is 0. The third-order valence-electron chi connectivity index (χ3n) is 0.594. The van der Waals surface area contributed by atoms with Crippen molar-refractivity contribution >= 4 is 11.4 Å². The van der Waals surface area contributed by atoms with Gasteiger partial charge in [-0.15, -0.1) is 0 Å². The third-order valence-corrected chi connectivity index (χ3v) is 1.37. The summed E-state index contributed by atoms with van der Waals surface area (Å²) in [4.78, 5) is 0.